The van der Waals surface area contributed by atoms with Gasteiger partial charge in [-0.05, 0) is 52.2 Å². The molecule has 0 saturated carbocycles. The smallest absolute Gasteiger partial charge is 0.330 e. The van der Waals surface area contributed by atoms with Gasteiger partial charge in [0, 0.05) is 18.7 Å². The number of esters is 1. The van der Waals surface area contributed by atoms with Gasteiger partial charge in [-0.15, -0.1) is 0 Å². The van der Waals surface area contributed by atoms with Gasteiger partial charge < -0.3 is 31.4 Å². The predicted molar refractivity (Wildman–Crippen MR) is 142 cm³/mol. The molecule has 0 fully saturated rings. The Morgan fingerprint density at radius 3 is 1.94 bits per heavy atom. The van der Waals surface area contributed by atoms with Gasteiger partial charge in [-0.25, -0.2) is 4.79 Å². The highest BCUT2D eigenvalue weighted by Gasteiger charge is 2.13. The average molecular weight is 488 g/mol. The fourth-order valence-corrected chi connectivity index (χ4v) is 2.11. The second-order valence-electron chi connectivity index (χ2n) is 7.04. The van der Waals surface area contributed by atoms with Gasteiger partial charge in [0.15, 0.2) is 0 Å². The Labute approximate surface area is 202 Å². The molecule has 0 aliphatic rings. The summed E-state index contributed by atoms with van der Waals surface area (Å²) in [6, 6.07) is 0.264. The Balaban J connectivity index is -0.000000426. The molecule has 0 aromatic rings. The Morgan fingerprint density at radius 1 is 0.970 bits per heavy atom. The van der Waals surface area contributed by atoms with E-state index in [0.717, 1.165) is 25.3 Å². The van der Waals surface area contributed by atoms with Crippen molar-refractivity contribution in [1.29, 1.82) is 5.41 Å². The lowest BCUT2D eigenvalue weighted by Crippen LogP contribution is -2.50. The summed E-state index contributed by atoms with van der Waals surface area (Å²) in [5, 5.41) is 7.18. The van der Waals surface area contributed by atoms with E-state index in [2.05, 4.69) is 33.3 Å². The lowest BCUT2D eigenvalue weighted by molar-refractivity contribution is -0.137. The summed E-state index contributed by atoms with van der Waals surface area (Å²) < 4.78 is 14.8. The number of carbonyl (C=O) groups is 1. The van der Waals surface area contributed by atoms with Gasteiger partial charge in [-0.1, -0.05) is 35.5 Å². The fraction of sp³-hybridized carbons (Fsp3) is 0.609. The van der Waals surface area contributed by atoms with E-state index < -0.39 is 0 Å². The first-order valence-electron chi connectivity index (χ1n) is 11.0. The van der Waals surface area contributed by atoms with E-state index in [9.17, 15) is 4.79 Å². The molecule has 0 bridgehead atoms. The van der Waals surface area contributed by atoms with E-state index in [-0.39, 0.29) is 30.2 Å². The van der Waals surface area contributed by atoms with Crippen molar-refractivity contribution in [2.75, 3.05) is 26.4 Å². The number of hydrogen-bond acceptors (Lipinski definition) is 9. The molecule has 0 spiro atoms. The molecule has 0 aliphatic heterocycles. The molecule has 7 N–H and O–H groups in total. The summed E-state index contributed by atoms with van der Waals surface area (Å²) in [4.78, 5) is 12.1. The summed E-state index contributed by atoms with van der Waals surface area (Å²) in [6.07, 6.45) is 6.75. The fourth-order valence-electron chi connectivity index (χ4n) is 2.01. The molecular formula is C23H46N5O4P. The van der Waals surface area contributed by atoms with E-state index in [1.807, 2.05) is 32.6 Å². The first-order valence-corrected chi connectivity index (χ1v) is 11.5. The maximum atomic E-state index is 10.2. The molecule has 0 rings (SSSR count). The maximum absolute atomic E-state index is 10.2. The molecule has 0 saturated heterocycles. The first kappa shape index (κ1) is 35.7. The number of nitrogens with two attached hydrogens (primary N) is 3. The Bertz CT molecular complexity index is 561. The van der Waals surface area contributed by atoms with E-state index in [1.165, 1.54) is 6.08 Å². The molecular weight excluding hydrogens is 441 g/mol. The quantitative estimate of drug-likeness (QED) is 0.0524. The van der Waals surface area contributed by atoms with Crippen LogP contribution < -0.4 is 17.2 Å². The van der Waals surface area contributed by atoms with E-state index in [4.69, 9.17) is 32.1 Å². The van der Waals surface area contributed by atoms with E-state index in [1.54, 1.807) is 6.08 Å². The van der Waals surface area contributed by atoms with Gasteiger partial charge in [0.1, 0.15) is 6.61 Å². The van der Waals surface area contributed by atoms with Crippen LogP contribution in [0.5, 0.6) is 0 Å². The summed E-state index contributed by atoms with van der Waals surface area (Å²) in [5.74, 6) is -0.272. The Hall–Kier alpha value is -1.87. The Kier molecular flexibility index (Phi) is 26.8. The second kappa shape index (κ2) is 24.8. The van der Waals surface area contributed by atoms with Crippen LogP contribution >= 0.6 is 8.86 Å². The monoisotopic (exact) mass is 487 g/mol. The lowest BCUT2D eigenvalue weighted by Gasteiger charge is -2.29. The van der Waals surface area contributed by atoms with E-state index in [0.29, 0.717) is 31.8 Å². The zero-order chi connectivity index (χ0) is 26.2. The minimum absolute atomic E-state index is 0.0688. The van der Waals surface area contributed by atoms with Crippen LogP contribution in [0.15, 0.2) is 38.0 Å². The third-order valence-electron chi connectivity index (χ3n) is 3.70. The van der Waals surface area contributed by atoms with Crippen molar-refractivity contribution in [2.45, 2.75) is 65.3 Å². The zero-order valence-electron chi connectivity index (χ0n) is 20.8. The van der Waals surface area contributed by atoms with Crippen molar-refractivity contribution in [3.05, 3.63) is 38.0 Å². The van der Waals surface area contributed by atoms with Gasteiger partial charge in [-0.3, -0.25) is 10.3 Å². The number of hydrogen-bond donors (Lipinski definition) is 4. The zero-order valence-corrected chi connectivity index (χ0v) is 21.8. The SMILES string of the molecule is C=CC(=N)OCCN(C(C)N)C(C)N.C=CC(=O)OCCC.C=CC(=P)OCCCC(C)N. The van der Waals surface area contributed by atoms with Crippen molar-refractivity contribution in [3.8, 4) is 0 Å². The first-order chi connectivity index (χ1) is 15.5. The summed E-state index contributed by atoms with van der Waals surface area (Å²) in [7, 11) is 3.24. The van der Waals surface area contributed by atoms with Crippen LogP contribution in [0, 0.1) is 5.41 Å². The minimum Gasteiger partial charge on any atom is -0.477 e. The van der Waals surface area contributed by atoms with Gasteiger partial charge in [0.2, 0.25) is 5.90 Å². The molecule has 0 aromatic carbocycles. The van der Waals surface area contributed by atoms with Crippen LogP contribution in [0.4, 0.5) is 0 Å². The normalized spacial score (nSPS) is 12.5. The number of carbonyl (C=O) groups excluding carboxylic acids is 1. The van der Waals surface area contributed by atoms with Crippen LogP contribution in [0.25, 0.3) is 0 Å². The van der Waals surface area contributed by atoms with E-state index >= 15 is 0 Å². The number of nitrogens with zero attached hydrogens (tertiary/aromatic N) is 1. The van der Waals surface area contributed by atoms with Gasteiger partial charge in [-0.2, -0.15) is 0 Å². The predicted octanol–water partition coefficient (Wildman–Crippen LogP) is 2.79. The Morgan fingerprint density at radius 2 is 1.55 bits per heavy atom. The number of ether oxygens (including phenoxy) is 3. The van der Waals surface area contributed by atoms with Crippen LogP contribution in [-0.4, -0.2) is 67.0 Å². The molecule has 0 heterocycles. The topological polar surface area (TPSA) is 150 Å². The van der Waals surface area contributed by atoms with Crippen LogP contribution in [0.2, 0.25) is 0 Å². The molecule has 192 valence electrons. The largest absolute Gasteiger partial charge is 0.477 e. The van der Waals surface area contributed by atoms with Crippen LogP contribution in [0.3, 0.4) is 0 Å². The molecule has 33 heavy (non-hydrogen) atoms. The summed E-state index contributed by atoms with van der Waals surface area (Å²) >= 11 is 0. The van der Waals surface area contributed by atoms with Crippen molar-refractivity contribution in [1.82, 2.24) is 4.90 Å². The lowest BCUT2D eigenvalue weighted by atomic mass is 10.2. The van der Waals surface area contributed by atoms with Crippen molar-refractivity contribution < 1.29 is 19.0 Å². The highest BCUT2D eigenvalue weighted by Crippen LogP contribution is 1.97. The second-order valence-corrected chi connectivity index (χ2v) is 7.54. The average Bonchev–Trinajstić information content (AvgIpc) is 2.77. The summed E-state index contributed by atoms with van der Waals surface area (Å²) in [6.45, 7) is 20.0. The van der Waals surface area contributed by atoms with Crippen molar-refractivity contribution in [2.24, 2.45) is 17.2 Å². The van der Waals surface area contributed by atoms with Gasteiger partial charge in [0.05, 0.1) is 31.0 Å². The summed E-state index contributed by atoms with van der Waals surface area (Å²) in [5.41, 5.74) is 17.6. The number of nitrogens with one attached hydrogen (secondary N) is 1. The highest BCUT2D eigenvalue weighted by molar-refractivity contribution is 7.21. The molecule has 0 aromatic heterocycles. The van der Waals surface area contributed by atoms with Crippen LogP contribution in [-0.2, 0) is 19.0 Å². The molecule has 9 nitrogen and oxygen atoms in total. The van der Waals surface area contributed by atoms with Crippen molar-refractivity contribution >= 4 is 26.2 Å². The van der Waals surface area contributed by atoms with Crippen molar-refractivity contribution in [3.63, 3.8) is 0 Å². The standard InChI is InChI=1S/C9H20N4O.C8H16NOP.C6H10O2/c1-4-9(12)14-6-5-13(7(2)10)8(3)11;1-3-8(11)10-6-4-5-7(2)9;1-3-5-8-6(7)4-2/h4,7-8,12H,1,5-6,10-11H2,2-3H3;3,7,11H,1,4-6,9H2,2H3;4H,2-3,5H2,1H3. The number of rotatable bonds is 15. The van der Waals surface area contributed by atoms with Gasteiger partial charge >= 0.3 is 5.97 Å². The van der Waals surface area contributed by atoms with Gasteiger partial charge in [0.25, 0.3) is 0 Å². The third-order valence-corrected chi connectivity index (χ3v) is 4.05. The molecule has 0 radical (unpaired) electrons. The maximum Gasteiger partial charge on any atom is 0.330 e. The molecule has 3 atom stereocenters. The third kappa shape index (κ3) is 28.1. The molecule has 10 heteroatoms. The molecule has 0 amide bonds. The minimum atomic E-state index is -0.341. The highest BCUT2D eigenvalue weighted by atomic mass is 31.0. The molecule has 0 aliphatic carbocycles. The molecule has 3 unspecified atom stereocenters. The van der Waals surface area contributed by atoms with Crippen LogP contribution in [0.1, 0.15) is 47.0 Å².